The number of carbonyl (C=O) groups is 1. The van der Waals surface area contributed by atoms with Crippen molar-refractivity contribution in [2.75, 3.05) is 6.61 Å². The minimum absolute atomic E-state index is 0.0263. The monoisotopic (exact) mass is 337 g/mol. The van der Waals surface area contributed by atoms with Crippen LogP contribution in [0.3, 0.4) is 0 Å². The molecule has 0 saturated carbocycles. The second-order valence-corrected chi connectivity index (χ2v) is 5.99. The first kappa shape index (κ1) is 17.2. The summed E-state index contributed by atoms with van der Waals surface area (Å²) in [6.07, 6.45) is 1.72. The minimum atomic E-state index is -0.315. The number of nitrogens with one attached hydrogen (secondary N) is 1. The third kappa shape index (κ3) is 4.06. The summed E-state index contributed by atoms with van der Waals surface area (Å²) < 4.78 is 7.29. The molecule has 1 aromatic heterocycles. The molecule has 1 atom stereocenters. The van der Waals surface area contributed by atoms with E-state index < -0.39 is 0 Å². The number of imidazole rings is 1. The molecule has 5 heteroatoms. The van der Waals surface area contributed by atoms with E-state index in [-0.39, 0.29) is 11.9 Å². The summed E-state index contributed by atoms with van der Waals surface area (Å²) in [6.45, 7) is 5.69. The van der Waals surface area contributed by atoms with Crippen LogP contribution in [-0.4, -0.2) is 22.1 Å². The maximum atomic E-state index is 12.5. The standard InChI is InChI=1S/C20H23N3O2/c1-3-25-13-17-10-8-16(9-11-17)12-21-20(24)15(2)23-14-22-18-6-4-5-7-19(18)23/h4-11,14-15H,3,12-13H2,1-2H3,(H,21,24)/t15-/m0/s1. The van der Waals surface area contributed by atoms with E-state index in [1.807, 2.05) is 66.9 Å². The molecule has 130 valence electrons. The van der Waals surface area contributed by atoms with Gasteiger partial charge in [0.05, 0.1) is 24.0 Å². The summed E-state index contributed by atoms with van der Waals surface area (Å²) in [5, 5.41) is 3.00. The zero-order chi connectivity index (χ0) is 17.6. The van der Waals surface area contributed by atoms with E-state index in [2.05, 4.69) is 10.3 Å². The molecule has 25 heavy (non-hydrogen) atoms. The lowest BCUT2D eigenvalue weighted by Crippen LogP contribution is -2.30. The van der Waals surface area contributed by atoms with Gasteiger partial charge in [-0.2, -0.15) is 0 Å². The number of fused-ring (bicyclic) bond motifs is 1. The molecular weight excluding hydrogens is 314 g/mol. The average molecular weight is 337 g/mol. The van der Waals surface area contributed by atoms with Crippen LogP contribution in [0, 0.1) is 0 Å². The SMILES string of the molecule is CCOCc1ccc(CNC(=O)[C@H](C)n2cnc3ccccc32)cc1. The number of ether oxygens (including phenoxy) is 1. The zero-order valence-electron chi connectivity index (χ0n) is 14.6. The number of hydrogen-bond donors (Lipinski definition) is 1. The molecule has 5 nitrogen and oxygen atoms in total. The number of carbonyl (C=O) groups excluding carboxylic acids is 1. The van der Waals surface area contributed by atoms with Gasteiger partial charge in [0.15, 0.2) is 0 Å². The van der Waals surface area contributed by atoms with Gasteiger partial charge in [0, 0.05) is 13.2 Å². The molecule has 1 N–H and O–H groups in total. The summed E-state index contributed by atoms with van der Waals surface area (Å²) in [7, 11) is 0. The van der Waals surface area contributed by atoms with Gasteiger partial charge in [-0.05, 0) is 37.1 Å². The Kier molecular flexibility index (Phi) is 5.46. The average Bonchev–Trinajstić information content (AvgIpc) is 3.08. The fourth-order valence-electron chi connectivity index (χ4n) is 2.72. The van der Waals surface area contributed by atoms with Crippen molar-refractivity contribution in [1.29, 1.82) is 0 Å². The Morgan fingerprint density at radius 1 is 1.16 bits per heavy atom. The van der Waals surface area contributed by atoms with Crippen LogP contribution < -0.4 is 5.32 Å². The minimum Gasteiger partial charge on any atom is -0.377 e. The van der Waals surface area contributed by atoms with Crippen LogP contribution in [0.15, 0.2) is 54.9 Å². The van der Waals surface area contributed by atoms with Crippen LogP contribution in [0.25, 0.3) is 11.0 Å². The number of aromatic nitrogens is 2. The van der Waals surface area contributed by atoms with Crippen molar-refractivity contribution in [2.45, 2.75) is 33.0 Å². The van der Waals surface area contributed by atoms with Crippen LogP contribution in [0.4, 0.5) is 0 Å². The Morgan fingerprint density at radius 2 is 1.88 bits per heavy atom. The normalized spacial score (nSPS) is 12.2. The first-order valence-electron chi connectivity index (χ1n) is 8.54. The van der Waals surface area contributed by atoms with E-state index in [0.717, 1.165) is 22.2 Å². The van der Waals surface area contributed by atoms with Gasteiger partial charge >= 0.3 is 0 Å². The van der Waals surface area contributed by atoms with E-state index in [0.29, 0.717) is 19.8 Å². The topological polar surface area (TPSA) is 56.1 Å². The van der Waals surface area contributed by atoms with Crippen molar-refractivity contribution in [1.82, 2.24) is 14.9 Å². The smallest absolute Gasteiger partial charge is 0.243 e. The van der Waals surface area contributed by atoms with Crippen molar-refractivity contribution in [3.63, 3.8) is 0 Å². The summed E-state index contributed by atoms with van der Waals surface area (Å²) >= 11 is 0. The first-order valence-corrected chi connectivity index (χ1v) is 8.54. The van der Waals surface area contributed by atoms with Gasteiger partial charge < -0.3 is 14.6 Å². The molecule has 0 radical (unpaired) electrons. The molecule has 3 aromatic rings. The Morgan fingerprint density at radius 3 is 2.64 bits per heavy atom. The molecule has 1 heterocycles. The molecule has 0 aliphatic heterocycles. The van der Waals surface area contributed by atoms with Gasteiger partial charge in [0.1, 0.15) is 6.04 Å². The summed E-state index contributed by atoms with van der Waals surface area (Å²) in [5.41, 5.74) is 4.06. The van der Waals surface area contributed by atoms with E-state index in [9.17, 15) is 4.79 Å². The molecule has 0 unspecified atom stereocenters. The van der Waals surface area contributed by atoms with Crippen molar-refractivity contribution >= 4 is 16.9 Å². The lowest BCUT2D eigenvalue weighted by atomic mass is 10.1. The van der Waals surface area contributed by atoms with Crippen LogP contribution in [0.5, 0.6) is 0 Å². The van der Waals surface area contributed by atoms with Crippen LogP contribution in [-0.2, 0) is 22.7 Å². The number of hydrogen-bond acceptors (Lipinski definition) is 3. The molecular formula is C20H23N3O2. The highest BCUT2D eigenvalue weighted by molar-refractivity contribution is 5.83. The van der Waals surface area contributed by atoms with Crippen LogP contribution >= 0.6 is 0 Å². The van der Waals surface area contributed by atoms with E-state index in [1.165, 1.54) is 0 Å². The second kappa shape index (κ2) is 7.94. The van der Waals surface area contributed by atoms with E-state index >= 15 is 0 Å². The predicted octanol–water partition coefficient (Wildman–Crippen LogP) is 3.45. The Balaban J connectivity index is 1.60. The fourth-order valence-corrected chi connectivity index (χ4v) is 2.72. The third-order valence-electron chi connectivity index (χ3n) is 4.24. The molecule has 3 rings (SSSR count). The lowest BCUT2D eigenvalue weighted by molar-refractivity contribution is -0.123. The molecule has 0 aliphatic rings. The van der Waals surface area contributed by atoms with Crippen molar-refractivity contribution in [3.8, 4) is 0 Å². The summed E-state index contributed by atoms with van der Waals surface area (Å²) in [6, 6.07) is 15.6. The third-order valence-corrected chi connectivity index (χ3v) is 4.24. The Labute approximate surface area is 147 Å². The van der Waals surface area contributed by atoms with Crippen LogP contribution in [0.2, 0.25) is 0 Å². The predicted molar refractivity (Wildman–Crippen MR) is 98.1 cm³/mol. The van der Waals surface area contributed by atoms with Crippen LogP contribution in [0.1, 0.15) is 31.0 Å². The Hall–Kier alpha value is -2.66. The molecule has 0 aliphatic carbocycles. The highest BCUT2D eigenvalue weighted by Gasteiger charge is 2.16. The van der Waals surface area contributed by atoms with Gasteiger partial charge in [-0.25, -0.2) is 4.98 Å². The molecule has 0 spiro atoms. The van der Waals surface area contributed by atoms with Gasteiger partial charge in [-0.15, -0.1) is 0 Å². The molecule has 0 bridgehead atoms. The van der Waals surface area contributed by atoms with Gasteiger partial charge in [-0.3, -0.25) is 4.79 Å². The first-order chi connectivity index (χ1) is 12.2. The fraction of sp³-hybridized carbons (Fsp3) is 0.300. The maximum Gasteiger partial charge on any atom is 0.243 e. The van der Waals surface area contributed by atoms with Gasteiger partial charge in [-0.1, -0.05) is 36.4 Å². The highest BCUT2D eigenvalue weighted by atomic mass is 16.5. The number of benzene rings is 2. The molecule has 2 aromatic carbocycles. The highest BCUT2D eigenvalue weighted by Crippen LogP contribution is 2.17. The zero-order valence-corrected chi connectivity index (χ0v) is 14.6. The van der Waals surface area contributed by atoms with Crippen molar-refractivity contribution in [3.05, 3.63) is 66.0 Å². The van der Waals surface area contributed by atoms with E-state index in [1.54, 1.807) is 6.33 Å². The van der Waals surface area contributed by atoms with Gasteiger partial charge in [0.25, 0.3) is 0 Å². The second-order valence-electron chi connectivity index (χ2n) is 5.99. The molecule has 0 fully saturated rings. The van der Waals surface area contributed by atoms with E-state index in [4.69, 9.17) is 4.74 Å². The lowest BCUT2D eigenvalue weighted by Gasteiger charge is -2.15. The van der Waals surface area contributed by atoms with Crippen molar-refractivity contribution < 1.29 is 9.53 Å². The van der Waals surface area contributed by atoms with Crippen molar-refractivity contribution in [2.24, 2.45) is 0 Å². The Bertz CT molecular complexity index is 840. The van der Waals surface area contributed by atoms with Gasteiger partial charge in [0.2, 0.25) is 5.91 Å². The summed E-state index contributed by atoms with van der Waals surface area (Å²) in [5.74, 6) is -0.0263. The maximum absolute atomic E-state index is 12.5. The largest absolute Gasteiger partial charge is 0.377 e. The molecule has 1 amide bonds. The number of amides is 1. The quantitative estimate of drug-likeness (QED) is 0.718. The molecule has 0 saturated heterocycles. The number of nitrogens with zero attached hydrogens (tertiary/aromatic N) is 2. The number of rotatable bonds is 7. The number of para-hydroxylation sites is 2. The summed E-state index contributed by atoms with van der Waals surface area (Å²) in [4.78, 5) is 16.8.